The summed E-state index contributed by atoms with van der Waals surface area (Å²) in [6.07, 6.45) is 3.08. The predicted octanol–water partition coefficient (Wildman–Crippen LogP) is 0.998. The molecule has 1 aliphatic heterocycles. The van der Waals surface area contributed by atoms with Gasteiger partial charge in [0.05, 0.1) is 0 Å². The Balaban J connectivity index is 1.63. The first-order chi connectivity index (χ1) is 11.8. The van der Waals surface area contributed by atoms with Gasteiger partial charge in [-0.05, 0) is 39.1 Å². The van der Waals surface area contributed by atoms with Crippen LogP contribution in [0.15, 0.2) is 18.5 Å². The maximum Gasteiger partial charge on any atom is 0.407 e. The lowest BCUT2D eigenvalue weighted by Gasteiger charge is -2.36. The summed E-state index contributed by atoms with van der Waals surface area (Å²) in [6.45, 7) is 9.77. The molecule has 1 saturated heterocycles. The summed E-state index contributed by atoms with van der Waals surface area (Å²) in [5, 5.41) is 6.56. The van der Waals surface area contributed by atoms with E-state index in [-0.39, 0.29) is 0 Å². The van der Waals surface area contributed by atoms with Crippen LogP contribution in [0.4, 0.5) is 10.7 Å². The number of aromatic nitrogens is 2. The average Bonchev–Trinajstić information content (AvgIpc) is 2.58. The average molecular weight is 366 g/mol. The van der Waals surface area contributed by atoms with Crippen LogP contribution in [0.3, 0.4) is 0 Å². The lowest BCUT2D eigenvalue weighted by Crippen LogP contribution is -2.52. The summed E-state index contributed by atoms with van der Waals surface area (Å²) in [7, 11) is 0. The van der Waals surface area contributed by atoms with Crippen LogP contribution in [-0.2, 0) is 4.74 Å². The number of alkyl carbamates (subject to hydrolysis) is 1. The smallest absolute Gasteiger partial charge is 0.407 e. The lowest BCUT2D eigenvalue weighted by molar-refractivity contribution is 0.0529. The van der Waals surface area contributed by atoms with E-state index in [0.29, 0.717) is 18.2 Å². The molecule has 0 unspecified atom stereocenters. The van der Waals surface area contributed by atoms with Crippen LogP contribution in [0.1, 0.15) is 20.8 Å². The number of carbonyl (C=O) groups excluding carboxylic acids is 1. The van der Waals surface area contributed by atoms with Crippen molar-refractivity contribution in [2.24, 2.45) is 0 Å². The van der Waals surface area contributed by atoms with Crippen LogP contribution in [0.5, 0.6) is 0 Å². The molecule has 0 atom stereocenters. The zero-order chi connectivity index (χ0) is 18.3. The Kier molecular flexibility index (Phi) is 6.74. The molecule has 8 nitrogen and oxygen atoms in total. The van der Waals surface area contributed by atoms with Gasteiger partial charge in [0, 0.05) is 51.7 Å². The first-order valence-electron chi connectivity index (χ1n) is 8.37. The molecule has 138 valence electrons. The molecule has 0 aliphatic carbocycles. The molecule has 2 rings (SSSR count). The van der Waals surface area contributed by atoms with Gasteiger partial charge in [-0.25, -0.2) is 14.8 Å². The Bertz CT molecular complexity index is 570. The second-order valence-electron chi connectivity index (χ2n) is 6.68. The molecule has 1 fully saturated rings. The second-order valence-corrected chi connectivity index (χ2v) is 7.07. The van der Waals surface area contributed by atoms with Gasteiger partial charge in [0.2, 0.25) is 5.95 Å². The molecule has 1 amide bonds. The predicted molar refractivity (Wildman–Crippen MR) is 101 cm³/mol. The van der Waals surface area contributed by atoms with E-state index in [9.17, 15) is 4.79 Å². The number of piperazine rings is 1. The third-order valence-corrected chi connectivity index (χ3v) is 3.87. The minimum atomic E-state index is -0.491. The van der Waals surface area contributed by atoms with Gasteiger partial charge in [-0.2, -0.15) is 0 Å². The van der Waals surface area contributed by atoms with Crippen molar-refractivity contribution in [1.82, 2.24) is 25.5 Å². The molecular weight excluding hydrogens is 340 g/mol. The van der Waals surface area contributed by atoms with Crippen molar-refractivity contribution in [3.05, 3.63) is 18.5 Å². The maximum absolute atomic E-state index is 11.6. The van der Waals surface area contributed by atoms with E-state index < -0.39 is 11.7 Å². The van der Waals surface area contributed by atoms with Crippen molar-refractivity contribution in [2.75, 3.05) is 44.2 Å². The Morgan fingerprint density at radius 3 is 2.36 bits per heavy atom. The molecule has 0 bridgehead atoms. The minimum absolute atomic E-state index is 0.420. The summed E-state index contributed by atoms with van der Waals surface area (Å²) < 4.78 is 5.18. The first-order valence-corrected chi connectivity index (χ1v) is 8.77. The van der Waals surface area contributed by atoms with Gasteiger partial charge < -0.3 is 25.2 Å². The van der Waals surface area contributed by atoms with Crippen molar-refractivity contribution >= 4 is 29.4 Å². The number of ether oxygens (including phenoxy) is 1. The van der Waals surface area contributed by atoms with Crippen LogP contribution in [0.25, 0.3) is 0 Å². The van der Waals surface area contributed by atoms with Gasteiger partial charge in [-0.1, -0.05) is 0 Å². The van der Waals surface area contributed by atoms with E-state index >= 15 is 0 Å². The number of hydrogen-bond acceptors (Lipinski definition) is 6. The lowest BCUT2D eigenvalue weighted by atomic mass is 10.2. The van der Waals surface area contributed by atoms with Crippen LogP contribution in [-0.4, -0.2) is 70.9 Å². The molecule has 1 aromatic heterocycles. The zero-order valence-electron chi connectivity index (χ0n) is 15.0. The molecule has 0 radical (unpaired) electrons. The van der Waals surface area contributed by atoms with Gasteiger partial charge in [0.25, 0.3) is 0 Å². The summed E-state index contributed by atoms with van der Waals surface area (Å²) in [4.78, 5) is 24.4. The van der Waals surface area contributed by atoms with E-state index in [2.05, 4.69) is 30.4 Å². The number of amides is 1. The Morgan fingerprint density at radius 1 is 1.16 bits per heavy atom. The van der Waals surface area contributed by atoms with Crippen molar-refractivity contribution < 1.29 is 9.53 Å². The topological polar surface area (TPSA) is 82.6 Å². The summed E-state index contributed by atoms with van der Waals surface area (Å²) >= 11 is 5.42. The summed E-state index contributed by atoms with van der Waals surface area (Å²) in [5.41, 5.74) is -0.491. The SMILES string of the molecule is CC(C)(C)OC(=O)NCCNC(=S)N1CCN(c2ncccn2)CC1. The van der Waals surface area contributed by atoms with Crippen molar-refractivity contribution in [1.29, 1.82) is 0 Å². The highest BCUT2D eigenvalue weighted by Gasteiger charge is 2.20. The van der Waals surface area contributed by atoms with Crippen LogP contribution < -0.4 is 15.5 Å². The fourth-order valence-electron chi connectivity index (χ4n) is 2.32. The Labute approximate surface area is 153 Å². The molecule has 1 aliphatic rings. The van der Waals surface area contributed by atoms with E-state index in [4.69, 9.17) is 17.0 Å². The highest BCUT2D eigenvalue weighted by atomic mass is 32.1. The minimum Gasteiger partial charge on any atom is -0.444 e. The van der Waals surface area contributed by atoms with Gasteiger partial charge in [0.1, 0.15) is 5.60 Å². The molecular formula is C16H26N6O2S. The normalized spacial score (nSPS) is 14.8. The highest BCUT2D eigenvalue weighted by Crippen LogP contribution is 2.09. The van der Waals surface area contributed by atoms with Gasteiger partial charge in [-0.15, -0.1) is 0 Å². The molecule has 2 heterocycles. The zero-order valence-corrected chi connectivity index (χ0v) is 15.8. The summed E-state index contributed by atoms with van der Waals surface area (Å²) in [6, 6.07) is 1.81. The highest BCUT2D eigenvalue weighted by molar-refractivity contribution is 7.80. The van der Waals surface area contributed by atoms with Crippen molar-refractivity contribution in [3.8, 4) is 0 Å². The molecule has 0 saturated carbocycles. The maximum atomic E-state index is 11.6. The number of nitrogens with one attached hydrogen (secondary N) is 2. The van der Waals surface area contributed by atoms with Crippen LogP contribution in [0, 0.1) is 0 Å². The number of thiocarbonyl (C=S) groups is 1. The summed E-state index contributed by atoms with van der Waals surface area (Å²) in [5.74, 6) is 0.752. The fourth-order valence-corrected chi connectivity index (χ4v) is 2.61. The Morgan fingerprint density at radius 2 is 1.76 bits per heavy atom. The number of carbonyl (C=O) groups is 1. The van der Waals surface area contributed by atoms with Crippen LogP contribution in [0.2, 0.25) is 0 Å². The molecule has 0 aromatic carbocycles. The third-order valence-electron chi connectivity index (χ3n) is 3.47. The van der Waals surface area contributed by atoms with Crippen molar-refractivity contribution in [3.63, 3.8) is 0 Å². The quantitative estimate of drug-likeness (QED) is 0.603. The first kappa shape index (κ1) is 19.2. The molecule has 25 heavy (non-hydrogen) atoms. The van der Waals surface area contributed by atoms with Gasteiger partial charge >= 0.3 is 6.09 Å². The third kappa shape index (κ3) is 6.69. The number of anilines is 1. The van der Waals surface area contributed by atoms with Gasteiger partial charge in [-0.3, -0.25) is 0 Å². The van der Waals surface area contributed by atoms with E-state index in [1.165, 1.54) is 0 Å². The molecule has 1 aromatic rings. The van der Waals surface area contributed by atoms with E-state index in [0.717, 1.165) is 32.1 Å². The number of nitrogens with zero attached hydrogens (tertiary/aromatic N) is 4. The van der Waals surface area contributed by atoms with Crippen molar-refractivity contribution in [2.45, 2.75) is 26.4 Å². The van der Waals surface area contributed by atoms with E-state index in [1.54, 1.807) is 12.4 Å². The number of rotatable bonds is 4. The standard InChI is InChI=1S/C16H26N6O2S/c1-16(2,3)24-15(23)20-8-7-19-14(25)22-11-9-21(10-12-22)13-17-5-4-6-18-13/h4-6H,7-12H2,1-3H3,(H,19,25)(H,20,23). The second kappa shape index (κ2) is 8.80. The number of hydrogen-bond donors (Lipinski definition) is 2. The fraction of sp³-hybridized carbons (Fsp3) is 0.625. The van der Waals surface area contributed by atoms with Gasteiger partial charge in [0.15, 0.2) is 5.11 Å². The van der Waals surface area contributed by atoms with E-state index in [1.807, 2.05) is 26.8 Å². The molecule has 2 N–H and O–H groups in total. The molecule has 0 spiro atoms. The monoisotopic (exact) mass is 366 g/mol. The largest absolute Gasteiger partial charge is 0.444 e. The molecule has 9 heteroatoms. The Hall–Kier alpha value is -2.16. The van der Waals surface area contributed by atoms with Crippen LogP contribution >= 0.6 is 12.2 Å².